The van der Waals surface area contributed by atoms with Gasteiger partial charge < -0.3 is 9.15 Å². The van der Waals surface area contributed by atoms with E-state index in [-0.39, 0.29) is 12.0 Å². The number of ether oxygens (including phenoxy) is 1. The van der Waals surface area contributed by atoms with E-state index in [1.54, 1.807) is 11.3 Å². The van der Waals surface area contributed by atoms with Crippen molar-refractivity contribution in [3.63, 3.8) is 0 Å². The number of benzene rings is 1. The van der Waals surface area contributed by atoms with Crippen molar-refractivity contribution < 1.29 is 9.15 Å². The van der Waals surface area contributed by atoms with Crippen molar-refractivity contribution in [3.8, 4) is 0 Å². The first-order valence-electron chi connectivity index (χ1n) is 8.41. The molecule has 0 bridgehead atoms. The molecule has 1 fully saturated rings. The quantitative estimate of drug-likeness (QED) is 0.660. The molecule has 4 nitrogen and oxygen atoms in total. The molecule has 0 radical (unpaired) electrons. The zero-order valence-corrected chi connectivity index (χ0v) is 14.2. The van der Waals surface area contributed by atoms with Crippen molar-refractivity contribution in [1.82, 2.24) is 10.2 Å². The molecule has 24 heavy (non-hydrogen) atoms. The van der Waals surface area contributed by atoms with E-state index in [9.17, 15) is 0 Å². The lowest BCUT2D eigenvalue weighted by Gasteiger charge is -2.15. The lowest BCUT2D eigenvalue weighted by molar-refractivity contribution is 0.0997. The van der Waals surface area contributed by atoms with Crippen molar-refractivity contribution in [1.29, 1.82) is 0 Å². The summed E-state index contributed by atoms with van der Waals surface area (Å²) in [4.78, 5) is 1.41. The maximum absolute atomic E-state index is 5.94. The van der Waals surface area contributed by atoms with E-state index in [0.717, 1.165) is 38.2 Å². The summed E-state index contributed by atoms with van der Waals surface area (Å²) in [7, 11) is 0. The fourth-order valence-electron chi connectivity index (χ4n) is 3.20. The van der Waals surface area contributed by atoms with Crippen LogP contribution in [0.4, 0.5) is 0 Å². The molecule has 1 saturated heterocycles. The topological polar surface area (TPSA) is 48.2 Å². The zero-order chi connectivity index (χ0) is 16.2. The van der Waals surface area contributed by atoms with Gasteiger partial charge in [-0.2, -0.15) is 0 Å². The normalized spacial score (nSPS) is 20.5. The van der Waals surface area contributed by atoms with Gasteiger partial charge in [0.2, 0.25) is 11.8 Å². The highest BCUT2D eigenvalue weighted by Crippen LogP contribution is 2.40. The van der Waals surface area contributed by atoms with Crippen LogP contribution in [-0.4, -0.2) is 16.8 Å². The van der Waals surface area contributed by atoms with Gasteiger partial charge in [0.15, 0.2) is 0 Å². The number of aromatic nitrogens is 2. The molecular formula is C19H20N2O2S. The van der Waals surface area contributed by atoms with Crippen LogP contribution in [0.2, 0.25) is 0 Å². The molecule has 124 valence electrons. The van der Waals surface area contributed by atoms with Gasteiger partial charge in [-0.3, -0.25) is 0 Å². The van der Waals surface area contributed by atoms with Crippen LogP contribution >= 0.6 is 11.3 Å². The van der Waals surface area contributed by atoms with E-state index >= 15 is 0 Å². The lowest BCUT2D eigenvalue weighted by Crippen LogP contribution is -2.06. The first kappa shape index (κ1) is 15.5. The van der Waals surface area contributed by atoms with Gasteiger partial charge in [-0.25, -0.2) is 0 Å². The van der Waals surface area contributed by atoms with Crippen LogP contribution in [0.1, 0.15) is 47.1 Å². The minimum absolute atomic E-state index is 0.0191. The Kier molecular flexibility index (Phi) is 4.71. The predicted molar refractivity (Wildman–Crippen MR) is 93.1 cm³/mol. The smallest absolute Gasteiger partial charge is 0.222 e. The van der Waals surface area contributed by atoms with Gasteiger partial charge in [-0.1, -0.05) is 36.4 Å². The molecule has 0 saturated carbocycles. The van der Waals surface area contributed by atoms with Gasteiger partial charge >= 0.3 is 0 Å². The maximum Gasteiger partial charge on any atom is 0.222 e. The van der Waals surface area contributed by atoms with Gasteiger partial charge in [-0.15, -0.1) is 21.5 Å². The number of aryl methyl sites for hydroxylation is 2. The van der Waals surface area contributed by atoms with Crippen LogP contribution in [0.5, 0.6) is 0 Å². The van der Waals surface area contributed by atoms with Crippen LogP contribution < -0.4 is 0 Å². The Labute approximate surface area is 145 Å². The third-order valence-electron chi connectivity index (χ3n) is 4.41. The molecule has 2 aromatic heterocycles. The highest BCUT2D eigenvalue weighted by atomic mass is 32.1. The second-order valence-corrected chi connectivity index (χ2v) is 7.10. The second-order valence-electron chi connectivity index (χ2n) is 6.06. The first-order valence-corrected chi connectivity index (χ1v) is 9.29. The molecule has 3 heterocycles. The number of hydrogen-bond donors (Lipinski definition) is 0. The molecule has 1 aromatic carbocycles. The van der Waals surface area contributed by atoms with Crippen LogP contribution in [0.25, 0.3) is 0 Å². The van der Waals surface area contributed by atoms with E-state index in [4.69, 9.17) is 9.15 Å². The van der Waals surface area contributed by atoms with Gasteiger partial charge in [-0.05, 0) is 36.3 Å². The average molecular weight is 340 g/mol. The predicted octanol–water partition coefficient (Wildman–Crippen LogP) is 4.55. The zero-order valence-electron chi connectivity index (χ0n) is 13.4. The number of hydrogen-bond acceptors (Lipinski definition) is 5. The third kappa shape index (κ3) is 3.42. The minimum atomic E-state index is 0.0191. The van der Waals surface area contributed by atoms with Crippen LogP contribution in [0.3, 0.4) is 0 Å². The second kappa shape index (κ2) is 7.28. The van der Waals surface area contributed by atoms with E-state index < -0.39 is 0 Å². The molecule has 1 aliphatic heterocycles. The molecule has 0 unspecified atom stereocenters. The van der Waals surface area contributed by atoms with Gasteiger partial charge in [0, 0.05) is 17.9 Å². The van der Waals surface area contributed by atoms with Gasteiger partial charge in [0.25, 0.3) is 0 Å². The summed E-state index contributed by atoms with van der Waals surface area (Å²) >= 11 is 1.80. The first-order chi connectivity index (χ1) is 11.9. The Morgan fingerprint density at radius 3 is 2.79 bits per heavy atom. The van der Waals surface area contributed by atoms with E-state index in [1.807, 2.05) is 18.2 Å². The van der Waals surface area contributed by atoms with Crippen molar-refractivity contribution in [2.24, 2.45) is 0 Å². The number of nitrogens with zero attached hydrogens (tertiary/aromatic N) is 2. The summed E-state index contributed by atoms with van der Waals surface area (Å²) in [6.07, 6.45) is 3.87. The standard InChI is InChI=1S/C19H20N2O2S/c1-2-6-14(7-3-1)18-16(11-12-22-18)19-21-20-17(23-19)10-4-8-15-9-5-13-24-15/h1-3,5-7,9,13,16,18H,4,8,10-12H2/t16-,18+/m0/s1. The SMILES string of the molecule is c1ccc([C@H]2OCC[C@@H]2c2nnc(CCCc3cccs3)o2)cc1. The Balaban J connectivity index is 1.40. The molecule has 1 aliphatic rings. The number of rotatable bonds is 6. The van der Waals surface area contributed by atoms with Crippen molar-refractivity contribution in [3.05, 3.63) is 70.1 Å². The number of thiophene rings is 1. The Hall–Kier alpha value is -1.98. The highest BCUT2D eigenvalue weighted by Gasteiger charge is 2.34. The van der Waals surface area contributed by atoms with Crippen LogP contribution in [0, 0.1) is 0 Å². The largest absolute Gasteiger partial charge is 0.425 e. The monoisotopic (exact) mass is 340 g/mol. The highest BCUT2D eigenvalue weighted by molar-refractivity contribution is 7.09. The summed E-state index contributed by atoms with van der Waals surface area (Å²) in [6, 6.07) is 14.6. The molecule has 2 atom stereocenters. The van der Waals surface area contributed by atoms with Crippen LogP contribution in [0.15, 0.2) is 52.3 Å². The summed E-state index contributed by atoms with van der Waals surface area (Å²) in [5, 5.41) is 10.6. The fourth-order valence-corrected chi connectivity index (χ4v) is 3.95. The van der Waals surface area contributed by atoms with Crippen LogP contribution in [-0.2, 0) is 17.6 Å². The summed E-state index contributed by atoms with van der Waals surface area (Å²) in [5.41, 5.74) is 1.18. The summed E-state index contributed by atoms with van der Waals surface area (Å²) in [5.74, 6) is 1.61. The molecule has 0 amide bonds. The average Bonchev–Trinajstić information content (AvgIpc) is 3.37. The molecule has 0 N–H and O–H groups in total. The molecular weight excluding hydrogens is 320 g/mol. The van der Waals surface area contributed by atoms with Gasteiger partial charge in [0.1, 0.15) is 0 Å². The third-order valence-corrected chi connectivity index (χ3v) is 5.35. The Morgan fingerprint density at radius 2 is 1.96 bits per heavy atom. The van der Waals surface area contributed by atoms with Crippen molar-refractivity contribution in [2.45, 2.75) is 37.7 Å². The fraction of sp³-hybridized carbons (Fsp3) is 0.368. The van der Waals surface area contributed by atoms with E-state index in [2.05, 4.69) is 39.8 Å². The van der Waals surface area contributed by atoms with Crippen molar-refractivity contribution in [2.75, 3.05) is 6.61 Å². The molecule has 5 heteroatoms. The molecule has 0 aliphatic carbocycles. The van der Waals surface area contributed by atoms with E-state index in [1.165, 1.54) is 10.4 Å². The maximum atomic E-state index is 5.94. The Morgan fingerprint density at radius 1 is 1.04 bits per heavy atom. The molecule has 0 spiro atoms. The Bertz CT molecular complexity index is 755. The van der Waals surface area contributed by atoms with Gasteiger partial charge in [0.05, 0.1) is 12.0 Å². The van der Waals surface area contributed by atoms with Crippen molar-refractivity contribution >= 4 is 11.3 Å². The molecule has 3 aromatic rings. The minimum Gasteiger partial charge on any atom is -0.425 e. The van der Waals surface area contributed by atoms with E-state index in [0.29, 0.717) is 5.89 Å². The summed E-state index contributed by atoms with van der Waals surface area (Å²) < 4.78 is 11.9. The molecule has 4 rings (SSSR count). The lowest BCUT2D eigenvalue weighted by atomic mass is 9.95. The summed E-state index contributed by atoms with van der Waals surface area (Å²) in [6.45, 7) is 0.736.